The molecule has 1 unspecified atom stereocenters. The van der Waals surface area contributed by atoms with Gasteiger partial charge in [-0.2, -0.15) is 0 Å². The highest BCUT2D eigenvalue weighted by atomic mass is 16.3. The molecule has 2 aromatic carbocycles. The van der Waals surface area contributed by atoms with Gasteiger partial charge in [0.15, 0.2) is 0 Å². The summed E-state index contributed by atoms with van der Waals surface area (Å²) in [7, 11) is 0. The summed E-state index contributed by atoms with van der Waals surface area (Å²) >= 11 is 0. The first-order valence-corrected chi connectivity index (χ1v) is 6.23. The van der Waals surface area contributed by atoms with Crippen LogP contribution in [-0.4, -0.2) is 22.9 Å². The lowest BCUT2D eigenvalue weighted by atomic mass is 10.0. The second-order valence-electron chi connectivity index (χ2n) is 4.44. The lowest BCUT2D eigenvalue weighted by molar-refractivity contribution is 0.0886. The molecule has 0 spiro atoms. The quantitative estimate of drug-likeness (QED) is 0.846. The van der Waals surface area contributed by atoms with Gasteiger partial charge in [0.05, 0.1) is 12.7 Å². The van der Waals surface area contributed by atoms with Gasteiger partial charge in [-0.15, -0.1) is 0 Å². The van der Waals surface area contributed by atoms with Crippen molar-refractivity contribution in [3.05, 3.63) is 60.2 Å². The fraction of sp³-hybridized carbons (Fsp3) is 0.250. The maximum absolute atomic E-state index is 9.30. The Bertz CT molecular complexity index is 462. The van der Waals surface area contributed by atoms with Gasteiger partial charge in [-0.25, -0.2) is 0 Å². The van der Waals surface area contributed by atoms with Crippen LogP contribution in [0.4, 0.5) is 0 Å². The van der Waals surface area contributed by atoms with E-state index >= 15 is 0 Å². The minimum absolute atomic E-state index is 0.165. The van der Waals surface area contributed by atoms with E-state index in [1.165, 1.54) is 16.7 Å². The molecule has 2 heteroatoms. The van der Waals surface area contributed by atoms with Crippen molar-refractivity contribution in [3.8, 4) is 11.1 Å². The van der Waals surface area contributed by atoms with Crippen molar-refractivity contribution < 1.29 is 10.2 Å². The van der Waals surface area contributed by atoms with E-state index in [4.69, 9.17) is 5.11 Å². The van der Waals surface area contributed by atoms with Gasteiger partial charge in [0, 0.05) is 0 Å². The molecule has 0 amide bonds. The van der Waals surface area contributed by atoms with Crippen molar-refractivity contribution in [3.63, 3.8) is 0 Å². The second-order valence-corrected chi connectivity index (χ2v) is 4.44. The number of rotatable bonds is 5. The Kier molecular flexibility index (Phi) is 4.51. The molecule has 0 aliphatic carbocycles. The lowest BCUT2D eigenvalue weighted by Crippen LogP contribution is -2.12. The number of aliphatic hydroxyl groups excluding tert-OH is 2. The zero-order valence-electron chi connectivity index (χ0n) is 10.3. The summed E-state index contributed by atoms with van der Waals surface area (Å²) in [6, 6.07) is 18.6. The predicted molar refractivity (Wildman–Crippen MR) is 73.3 cm³/mol. The molecule has 2 aromatic rings. The molecule has 0 aliphatic heterocycles. The Morgan fingerprint density at radius 3 is 2.06 bits per heavy atom. The molecular weight excluding hydrogens is 224 g/mol. The van der Waals surface area contributed by atoms with E-state index < -0.39 is 6.10 Å². The summed E-state index contributed by atoms with van der Waals surface area (Å²) in [6.07, 6.45) is 0.775. The van der Waals surface area contributed by atoms with Crippen molar-refractivity contribution in [2.75, 3.05) is 6.61 Å². The first kappa shape index (κ1) is 12.8. The smallest absolute Gasteiger partial charge is 0.0774 e. The molecule has 0 radical (unpaired) electrons. The molecule has 2 rings (SSSR count). The Labute approximate surface area is 108 Å². The summed E-state index contributed by atoms with van der Waals surface area (Å²) in [4.78, 5) is 0. The molecule has 2 nitrogen and oxygen atoms in total. The maximum Gasteiger partial charge on any atom is 0.0774 e. The number of hydrogen-bond acceptors (Lipinski definition) is 2. The van der Waals surface area contributed by atoms with Crippen LogP contribution in [0.3, 0.4) is 0 Å². The molecule has 0 saturated heterocycles. The molecular formula is C16H18O2. The average Bonchev–Trinajstić information content (AvgIpc) is 2.46. The summed E-state index contributed by atoms with van der Waals surface area (Å²) in [5, 5.41) is 18.1. The minimum Gasteiger partial charge on any atom is -0.394 e. The van der Waals surface area contributed by atoms with Crippen molar-refractivity contribution in [1.29, 1.82) is 0 Å². The Morgan fingerprint density at radius 1 is 0.833 bits per heavy atom. The van der Waals surface area contributed by atoms with Crippen LogP contribution in [0, 0.1) is 0 Å². The van der Waals surface area contributed by atoms with Crippen LogP contribution in [0.25, 0.3) is 11.1 Å². The van der Waals surface area contributed by atoms with Crippen LogP contribution >= 0.6 is 0 Å². The summed E-state index contributed by atoms with van der Waals surface area (Å²) < 4.78 is 0. The summed E-state index contributed by atoms with van der Waals surface area (Å²) in [5.41, 5.74) is 3.59. The van der Waals surface area contributed by atoms with E-state index in [9.17, 15) is 5.11 Å². The maximum atomic E-state index is 9.30. The van der Waals surface area contributed by atoms with E-state index in [0.29, 0.717) is 6.42 Å². The van der Waals surface area contributed by atoms with Gasteiger partial charge in [-0.05, 0) is 29.5 Å². The molecule has 1 atom stereocenters. The van der Waals surface area contributed by atoms with E-state index in [1.807, 2.05) is 18.2 Å². The SMILES string of the molecule is OCC(O)CCc1ccc(-c2ccccc2)cc1. The van der Waals surface area contributed by atoms with Gasteiger partial charge >= 0.3 is 0 Å². The minimum atomic E-state index is -0.612. The van der Waals surface area contributed by atoms with Crippen LogP contribution in [0.1, 0.15) is 12.0 Å². The van der Waals surface area contributed by atoms with Crippen molar-refractivity contribution in [2.45, 2.75) is 18.9 Å². The van der Waals surface area contributed by atoms with Gasteiger partial charge in [0.1, 0.15) is 0 Å². The van der Waals surface area contributed by atoms with Gasteiger partial charge in [-0.1, -0.05) is 54.6 Å². The average molecular weight is 242 g/mol. The van der Waals surface area contributed by atoms with Gasteiger partial charge in [0.2, 0.25) is 0 Å². The van der Waals surface area contributed by atoms with Crippen LogP contribution in [0.2, 0.25) is 0 Å². The van der Waals surface area contributed by atoms with Gasteiger partial charge in [0.25, 0.3) is 0 Å². The van der Waals surface area contributed by atoms with Crippen LogP contribution in [0.5, 0.6) is 0 Å². The molecule has 0 heterocycles. The highest BCUT2D eigenvalue weighted by molar-refractivity contribution is 5.63. The zero-order valence-corrected chi connectivity index (χ0v) is 10.3. The molecule has 0 aromatic heterocycles. The molecule has 18 heavy (non-hydrogen) atoms. The first-order chi connectivity index (χ1) is 8.79. The van der Waals surface area contributed by atoms with Crippen molar-refractivity contribution in [1.82, 2.24) is 0 Å². The molecule has 2 N–H and O–H groups in total. The Hall–Kier alpha value is -1.64. The monoisotopic (exact) mass is 242 g/mol. The first-order valence-electron chi connectivity index (χ1n) is 6.23. The number of hydrogen-bond donors (Lipinski definition) is 2. The molecule has 0 bridgehead atoms. The normalized spacial score (nSPS) is 12.3. The Morgan fingerprint density at radius 2 is 1.44 bits per heavy atom. The third kappa shape index (κ3) is 3.42. The van der Waals surface area contributed by atoms with Gasteiger partial charge in [-0.3, -0.25) is 0 Å². The largest absolute Gasteiger partial charge is 0.394 e. The van der Waals surface area contributed by atoms with E-state index in [2.05, 4.69) is 36.4 Å². The second kappa shape index (κ2) is 6.34. The number of benzene rings is 2. The highest BCUT2D eigenvalue weighted by Crippen LogP contribution is 2.19. The van der Waals surface area contributed by atoms with E-state index in [-0.39, 0.29) is 6.61 Å². The summed E-state index contributed by atoms with van der Waals surface area (Å²) in [5.74, 6) is 0. The zero-order chi connectivity index (χ0) is 12.8. The van der Waals surface area contributed by atoms with Crippen molar-refractivity contribution >= 4 is 0 Å². The topological polar surface area (TPSA) is 40.5 Å². The van der Waals surface area contributed by atoms with Crippen LogP contribution in [-0.2, 0) is 6.42 Å². The van der Waals surface area contributed by atoms with E-state index in [1.54, 1.807) is 0 Å². The third-order valence-corrected chi connectivity index (χ3v) is 3.04. The molecule has 94 valence electrons. The summed E-state index contributed by atoms with van der Waals surface area (Å²) in [6.45, 7) is -0.165. The van der Waals surface area contributed by atoms with Gasteiger partial charge < -0.3 is 10.2 Å². The number of aryl methyl sites for hydroxylation is 1. The van der Waals surface area contributed by atoms with Crippen LogP contribution < -0.4 is 0 Å². The molecule has 0 aliphatic rings. The molecule has 0 saturated carbocycles. The van der Waals surface area contributed by atoms with E-state index in [0.717, 1.165) is 6.42 Å². The highest BCUT2D eigenvalue weighted by Gasteiger charge is 2.03. The predicted octanol–water partition coefficient (Wildman–Crippen LogP) is 2.64. The third-order valence-electron chi connectivity index (χ3n) is 3.04. The fourth-order valence-electron chi connectivity index (χ4n) is 1.92. The lowest BCUT2D eigenvalue weighted by Gasteiger charge is -2.07. The number of aliphatic hydroxyl groups is 2. The fourth-order valence-corrected chi connectivity index (χ4v) is 1.92. The van der Waals surface area contributed by atoms with Crippen molar-refractivity contribution in [2.24, 2.45) is 0 Å². The Balaban J connectivity index is 2.02. The standard InChI is InChI=1S/C16H18O2/c17-12-16(18)11-8-13-6-9-15(10-7-13)14-4-2-1-3-5-14/h1-7,9-10,16-18H,8,11-12H2. The van der Waals surface area contributed by atoms with Crippen LogP contribution in [0.15, 0.2) is 54.6 Å². The molecule has 0 fully saturated rings.